The molecule has 4 rings (SSSR count). The molecule has 40 heavy (non-hydrogen) atoms. The van der Waals surface area contributed by atoms with Crippen LogP contribution in [0.1, 0.15) is 39.1 Å². The van der Waals surface area contributed by atoms with Gasteiger partial charge in [-0.15, -0.1) is 0 Å². The average Bonchev–Trinajstić information content (AvgIpc) is 2.96. The van der Waals surface area contributed by atoms with E-state index in [0.717, 1.165) is 0 Å². The van der Waals surface area contributed by atoms with Crippen LogP contribution in [0, 0.1) is 0 Å². The monoisotopic (exact) mass is 564 g/mol. The number of sulfonamides is 1. The number of nitrogens with one attached hydrogen (secondary N) is 2. The Morgan fingerprint density at radius 3 is 2.12 bits per heavy atom. The Hall–Kier alpha value is -4.71. The number of para-hydroxylation sites is 1. The molecule has 11 nitrogen and oxygen atoms in total. The van der Waals surface area contributed by atoms with E-state index in [2.05, 4.69) is 10.0 Å². The predicted octanol–water partition coefficient (Wildman–Crippen LogP) is 2.53. The summed E-state index contributed by atoms with van der Waals surface area (Å²) in [7, 11) is -4.08. The van der Waals surface area contributed by atoms with E-state index in [-0.39, 0.29) is 46.0 Å². The zero-order valence-electron chi connectivity index (χ0n) is 21.4. The molecule has 1 heterocycles. The number of rotatable bonds is 9. The number of piperidine rings is 1. The lowest BCUT2D eigenvalue weighted by Crippen LogP contribution is -2.46. The summed E-state index contributed by atoms with van der Waals surface area (Å²) in [5.74, 6) is -1.17. The van der Waals surface area contributed by atoms with E-state index in [9.17, 15) is 27.6 Å². The Kier molecular flexibility index (Phi) is 8.80. The van der Waals surface area contributed by atoms with E-state index >= 15 is 0 Å². The van der Waals surface area contributed by atoms with Crippen LogP contribution in [-0.2, 0) is 19.6 Å². The first kappa shape index (κ1) is 28.3. The van der Waals surface area contributed by atoms with Crippen molar-refractivity contribution in [1.82, 2.24) is 10.2 Å². The minimum Gasteiger partial charge on any atom is -0.446 e. The van der Waals surface area contributed by atoms with Crippen molar-refractivity contribution in [1.29, 1.82) is 0 Å². The number of carbonyl (C=O) groups excluding carboxylic acids is 4. The number of hydrogen-bond acceptors (Lipinski definition) is 7. The molecular weight excluding hydrogens is 536 g/mol. The van der Waals surface area contributed by atoms with Crippen LogP contribution in [0.2, 0.25) is 0 Å². The van der Waals surface area contributed by atoms with Crippen LogP contribution in [0.15, 0.2) is 83.8 Å². The molecule has 3 aromatic rings. The van der Waals surface area contributed by atoms with Crippen molar-refractivity contribution < 1.29 is 32.3 Å². The highest BCUT2D eigenvalue weighted by molar-refractivity contribution is 7.92. The fourth-order valence-electron chi connectivity index (χ4n) is 4.26. The molecule has 1 fully saturated rings. The highest BCUT2D eigenvalue weighted by atomic mass is 32.2. The molecule has 0 atom stereocenters. The molecule has 1 aliphatic heterocycles. The lowest BCUT2D eigenvalue weighted by atomic mass is 10.0. The van der Waals surface area contributed by atoms with Crippen LogP contribution in [0.5, 0.6) is 0 Å². The lowest BCUT2D eigenvalue weighted by molar-refractivity contribution is -0.132. The highest BCUT2D eigenvalue weighted by Gasteiger charge is 2.25. The molecule has 4 N–H and O–H groups in total. The van der Waals surface area contributed by atoms with E-state index in [1.807, 2.05) is 0 Å². The molecule has 3 amide bonds. The number of hydrogen-bond donors (Lipinski definition) is 3. The van der Waals surface area contributed by atoms with Crippen LogP contribution in [0.25, 0.3) is 0 Å². The minimum absolute atomic E-state index is 0.108. The summed E-state index contributed by atoms with van der Waals surface area (Å²) in [6, 6.07) is 20.0. The Morgan fingerprint density at radius 2 is 1.48 bits per heavy atom. The second-order valence-corrected chi connectivity index (χ2v) is 10.8. The van der Waals surface area contributed by atoms with Crippen molar-refractivity contribution in [2.75, 3.05) is 24.4 Å². The Bertz CT molecular complexity index is 1500. The van der Waals surface area contributed by atoms with Gasteiger partial charge in [-0.1, -0.05) is 42.5 Å². The van der Waals surface area contributed by atoms with Crippen molar-refractivity contribution in [3.05, 3.63) is 95.6 Å². The summed E-state index contributed by atoms with van der Waals surface area (Å²) in [4.78, 5) is 50.3. The van der Waals surface area contributed by atoms with E-state index < -0.39 is 22.0 Å². The molecule has 0 unspecified atom stereocenters. The van der Waals surface area contributed by atoms with E-state index in [0.29, 0.717) is 31.5 Å². The topological polar surface area (TPSA) is 165 Å². The van der Waals surface area contributed by atoms with Gasteiger partial charge in [-0.2, -0.15) is 0 Å². The fraction of sp³-hybridized carbons (Fsp3) is 0.214. The first-order valence-electron chi connectivity index (χ1n) is 12.5. The highest BCUT2D eigenvalue weighted by Crippen LogP contribution is 2.23. The summed E-state index contributed by atoms with van der Waals surface area (Å²) < 4.78 is 33.5. The maximum atomic E-state index is 13.1. The molecule has 3 aromatic carbocycles. The molecule has 0 spiro atoms. The molecule has 1 saturated heterocycles. The maximum absolute atomic E-state index is 13.1. The van der Waals surface area contributed by atoms with Gasteiger partial charge < -0.3 is 20.7 Å². The van der Waals surface area contributed by atoms with Gasteiger partial charge in [0.1, 0.15) is 6.10 Å². The third kappa shape index (κ3) is 7.03. The second-order valence-electron chi connectivity index (χ2n) is 9.07. The Balaban J connectivity index is 1.35. The van der Waals surface area contributed by atoms with Crippen LogP contribution < -0.4 is 15.8 Å². The van der Waals surface area contributed by atoms with Crippen LogP contribution in [-0.4, -0.2) is 62.7 Å². The third-order valence-corrected chi connectivity index (χ3v) is 7.74. The molecule has 208 valence electrons. The molecule has 0 bridgehead atoms. The van der Waals surface area contributed by atoms with Gasteiger partial charge in [0.2, 0.25) is 5.91 Å². The minimum atomic E-state index is -4.08. The predicted molar refractivity (Wildman–Crippen MR) is 146 cm³/mol. The number of amides is 3. The van der Waals surface area contributed by atoms with Crippen LogP contribution in [0.4, 0.5) is 10.5 Å². The number of ketones is 1. The normalized spacial score (nSPS) is 13.8. The van der Waals surface area contributed by atoms with Gasteiger partial charge in [0, 0.05) is 42.6 Å². The van der Waals surface area contributed by atoms with Gasteiger partial charge in [0.25, 0.3) is 15.9 Å². The maximum Gasteiger partial charge on any atom is 0.404 e. The Labute approximate surface area is 231 Å². The first-order chi connectivity index (χ1) is 19.1. The fourth-order valence-corrected chi connectivity index (χ4v) is 5.34. The second kappa shape index (κ2) is 12.4. The summed E-state index contributed by atoms with van der Waals surface area (Å²) in [6.45, 7) is 0.493. The summed E-state index contributed by atoms with van der Waals surface area (Å²) in [5, 5.41) is 2.53. The van der Waals surface area contributed by atoms with Gasteiger partial charge in [-0.05, 0) is 36.4 Å². The van der Waals surface area contributed by atoms with E-state index in [4.69, 9.17) is 10.5 Å². The summed E-state index contributed by atoms with van der Waals surface area (Å²) >= 11 is 0. The van der Waals surface area contributed by atoms with Gasteiger partial charge in [-0.25, -0.2) is 13.2 Å². The smallest absolute Gasteiger partial charge is 0.404 e. The SMILES string of the molecule is NC(=O)OC1CCN(C(=O)CNC(=O)c2ccc(S(=O)(=O)Nc3ccccc3C(=O)c3ccccc3)cc2)CC1. The zero-order chi connectivity index (χ0) is 28.7. The van der Waals surface area contributed by atoms with Crippen molar-refractivity contribution in [2.45, 2.75) is 23.8 Å². The molecule has 0 radical (unpaired) electrons. The number of carbonyl (C=O) groups is 4. The number of nitrogens with zero attached hydrogens (tertiary/aromatic N) is 1. The molecule has 0 aliphatic carbocycles. The molecule has 0 aromatic heterocycles. The molecule has 12 heteroatoms. The number of primary amides is 1. The van der Waals surface area contributed by atoms with Crippen LogP contribution in [0.3, 0.4) is 0 Å². The number of anilines is 1. The zero-order valence-corrected chi connectivity index (χ0v) is 22.2. The molecular formula is C28H28N4O7S. The van der Waals surface area contributed by atoms with Gasteiger partial charge in [-0.3, -0.25) is 19.1 Å². The number of likely N-dealkylation sites (tertiary alicyclic amines) is 1. The number of benzene rings is 3. The van der Waals surface area contributed by atoms with Crippen LogP contribution >= 0.6 is 0 Å². The summed E-state index contributed by atoms with van der Waals surface area (Å²) in [6.07, 6.45) is -0.275. The largest absolute Gasteiger partial charge is 0.446 e. The number of nitrogens with two attached hydrogens (primary N) is 1. The van der Waals surface area contributed by atoms with Crippen molar-refractivity contribution in [2.24, 2.45) is 5.73 Å². The standard InChI is InChI=1S/C28H28N4O7S/c29-28(36)39-21-14-16-32(17-15-21)25(33)18-30-27(35)20-10-12-22(13-11-20)40(37,38)31-24-9-5-4-8-23(24)26(34)19-6-2-1-3-7-19/h1-13,21,31H,14-18H2,(H2,29,36)(H,30,35). The van der Waals surface area contributed by atoms with Gasteiger partial charge >= 0.3 is 6.09 Å². The van der Waals surface area contributed by atoms with E-state index in [1.165, 1.54) is 30.3 Å². The average molecular weight is 565 g/mol. The molecule has 1 aliphatic rings. The van der Waals surface area contributed by atoms with Crippen molar-refractivity contribution in [3.63, 3.8) is 0 Å². The van der Waals surface area contributed by atoms with Crippen molar-refractivity contribution >= 4 is 39.4 Å². The number of ether oxygens (including phenoxy) is 1. The quantitative estimate of drug-likeness (QED) is 0.336. The molecule has 0 saturated carbocycles. The van der Waals surface area contributed by atoms with E-state index in [1.54, 1.807) is 53.4 Å². The van der Waals surface area contributed by atoms with Crippen molar-refractivity contribution in [3.8, 4) is 0 Å². The van der Waals surface area contributed by atoms with Gasteiger partial charge in [0.05, 0.1) is 17.1 Å². The third-order valence-electron chi connectivity index (χ3n) is 6.36. The summed E-state index contributed by atoms with van der Waals surface area (Å²) in [5.41, 5.74) is 5.93. The Morgan fingerprint density at radius 1 is 0.850 bits per heavy atom. The lowest BCUT2D eigenvalue weighted by Gasteiger charge is -2.31. The van der Waals surface area contributed by atoms with Gasteiger partial charge in [0.15, 0.2) is 5.78 Å². The first-order valence-corrected chi connectivity index (χ1v) is 14.0.